The maximum absolute atomic E-state index is 14.4. The summed E-state index contributed by atoms with van der Waals surface area (Å²) in [6.07, 6.45) is -5.62. The highest BCUT2D eigenvalue weighted by atomic mass is 28.4. The zero-order chi connectivity index (χ0) is 21.5. The van der Waals surface area contributed by atoms with Crippen molar-refractivity contribution in [1.82, 2.24) is 4.98 Å². The Morgan fingerprint density at radius 3 is 2.18 bits per heavy atom. The van der Waals surface area contributed by atoms with Crippen LogP contribution in [0.2, 0.25) is 18.1 Å². The maximum atomic E-state index is 14.4. The van der Waals surface area contributed by atoms with E-state index in [0.29, 0.717) is 16.8 Å². The molecule has 28 heavy (non-hydrogen) atoms. The molecule has 0 aliphatic heterocycles. The number of hydrogen-bond donors (Lipinski definition) is 1. The number of methoxy groups -OCH3 is 1. The van der Waals surface area contributed by atoms with E-state index in [9.17, 15) is 18.0 Å². The van der Waals surface area contributed by atoms with Gasteiger partial charge in [0.1, 0.15) is 0 Å². The lowest BCUT2D eigenvalue weighted by Gasteiger charge is -2.44. The summed E-state index contributed by atoms with van der Waals surface area (Å²) < 4.78 is 53.6. The van der Waals surface area contributed by atoms with Crippen LogP contribution in [-0.4, -0.2) is 38.2 Å². The van der Waals surface area contributed by atoms with Crippen molar-refractivity contribution in [3.63, 3.8) is 0 Å². The quantitative estimate of drug-likeness (QED) is 0.517. The normalized spacial score (nSPS) is 15.5. The van der Waals surface area contributed by atoms with E-state index in [-0.39, 0.29) is 0 Å². The Kier molecular flexibility index (Phi) is 5.80. The van der Waals surface area contributed by atoms with Gasteiger partial charge in [0.25, 0.3) is 5.60 Å². The van der Waals surface area contributed by atoms with Crippen LogP contribution in [0.1, 0.15) is 32.0 Å². The van der Waals surface area contributed by atoms with Gasteiger partial charge in [-0.1, -0.05) is 39.0 Å². The fourth-order valence-corrected chi connectivity index (χ4v) is 4.39. The summed E-state index contributed by atoms with van der Waals surface area (Å²) in [5.74, 6) is -1.43. The van der Waals surface area contributed by atoms with E-state index >= 15 is 0 Å². The van der Waals surface area contributed by atoms with Crippen molar-refractivity contribution in [2.45, 2.75) is 64.0 Å². The summed E-state index contributed by atoms with van der Waals surface area (Å²) >= 11 is 0. The third-order valence-corrected chi connectivity index (χ3v) is 10.2. The van der Waals surface area contributed by atoms with Crippen LogP contribution in [0.5, 0.6) is 0 Å². The summed E-state index contributed by atoms with van der Waals surface area (Å²) in [7, 11) is -2.02. The van der Waals surface area contributed by atoms with E-state index in [0.717, 1.165) is 12.5 Å². The molecule has 1 atom stereocenters. The molecule has 0 amide bonds. The van der Waals surface area contributed by atoms with Crippen LogP contribution in [0.25, 0.3) is 10.9 Å². The van der Waals surface area contributed by atoms with Crippen molar-refractivity contribution in [2.75, 3.05) is 7.11 Å². The SMILES string of the molecule is COC(=O)C(Cc1[nH]c2ccccc2c1C)(O[Si](C)(C)C(C)(C)C)C(F)(F)F. The number of carbonyl (C=O) groups is 1. The number of carbonyl (C=O) groups excluding carboxylic acids is 1. The number of fused-ring (bicyclic) bond motifs is 1. The Bertz CT molecular complexity index is 868. The molecular formula is C20H28F3NO3Si. The molecule has 0 saturated carbocycles. The molecule has 2 rings (SSSR count). The standard InChI is InChI=1S/C20H28F3NO3Si/c1-13-14-10-8-9-11-15(14)24-16(13)12-19(17(25)26-5,20(21,22)23)27-28(6,7)18(2,3)4/h8-11,24H,12H2,1-7H3. The van der Waals surface area contributed by atoms with Gasteiger partial charge in [-0.25, -0.2) is 4.79 Å². The molecular weight excluding hydrogens is 387 g/mol. The number of esters is 1. The third-order valence-electron chi connectivity index (χ3n) is 5.70. The molecule has 0 aliphatic rings. The van der Waals surface area contributed by atoms with Gasteiger partial charge >= 0.3 is 12.1 Å². The van der Waals surface area contributed by atoms with Gasteiger partial charge in [-0.15, -0.1) is 0 Å². The molecule has 2 aromatic rings. The number of H-pyrrole nitrogens is 1. The van der Waals surface area contributed by atoms with Crippen LogP contribution in [-0.2, 0) is 20.4 Å². The molecule has 0 fully saturated rings. The first-order valence-electron chi connectivity index (χ1n) is 9.08. The van der Waals surface area contributed by atoms with Gasteiger partial charge in [0, 0.05) is 23.0 Å². The predicted octanol–water partition coefficient (Wildman–Crippen LogP) is 5.51. The van der Waals surface area contributed by atoms with Crippen LogP contribution in [0.3, 0.4) is 0 Å². The number of benzene rings is 1. The molecule has 1 heterocycles. The number of aryl methyl sites for hydroxylation is 1. The van der Waals surface area contributed by atoms with Crippen molar-refractivity contribution in [3.05, 3.63) is 35.5 Å². The van der Waals surface area contributed by atoms with Crippen LogP contribution in [0, 0.1) is 6.92 Å². The molecule has 0 saturated heterocycles. The first-order valence-corrected chi connectivity index (χ1v) is 12.0. The summed E-state index contributed by atoms with van der Waals surface area (Å²) in [6, 6.07) is 7.22. The van der Waals surface area contributed by atoms with Gasteiger partial charge in [0.05, 0.1) is 7.11 Å². The highest BCUT2D eigenvalue weighted by Gasteiger charge is 2.66. The fourth-order valence-electron chi connectivity index (χ4n) is 2.94. The molecule has 4 nitrogen and oxygen atoms in total. The van der Waals surface area contributed by atoms with E-state index in [1.165, 1.54) is 0 Å². The minimum atomic E-state index is -4.95. The highest BCUT2D eigenvalue weighted by Crippen LogP contribution is 2.46. The van der Waals surface area contributed by atoms with Gasteiger partial charge in [-0.2, -0.15) is 13.2 Å². The minimum absolute atomic E-state index is 0.308. The lowest BCUT2D eigenvalue weighted by Crippen LogP contribution is -2.62. The highest BCUT2D eigenvalue weighted by molar-refractivity contribution is 6.74. The van der Waals surface area contributed by atoms with Crippen molar-refractivity contribution >= 4 is 25.2 Å². The molecule has 156 valence electrons. The van der Waals surface area contributed by atoms with Crippen LogP contribution in [0.15, 0.2) is 24.3 Å². The summed E-state index contributed by atoms with van der Waals surface area (Å²) in [4.78, 5) is 15.6. The molecule has 0 radical (unpaired) electrons. The minimum Gasteiger partial charge on any atom is -0.467 e. The number of halogens is 3. The average Bonchev–Trinajstić information content (AvgIpc) is 2.87. The van der Waals surface area contributed by atoms with Gasteiger partial charge in [0.2, 0.25) is 0 Å². The number of ether oxygens (including phenoxy) is 1. The zero-order valence-electron chi connectivity index (χ0n) is 17.4. The summed E-state index contributed by atoms with van der Waals surface area (Å²) in [5, 5.41) is 0.290. The number of hydrogen-bond acceptors (Lipinski definition) is 3. The number of alkyl halides is 3. The van der Waals surface area contributed by atoms with E-state index < -0.39 is 37.5 Å². The van der Waals surface area contributed by atoms with Crippen LogP contribution in [0.4, 0.5) is 13.2 Å². The zero-order valence-corrected chi connectivity index (χ0v) is 18.4. The maximum Gasteiger partial charge on any atom is 0.427 e. The van der Waals surface area contributed by atoms with Crippen molar-refractivity contribution in [1.29, 1.82) is 0 Å². The summed E-state index contributed by atoms with van der Waals surface area (Å²) in [5.41, 5.74) is -1.39. The number of aromatic amines is 1. The van der Waals surface area contributed by atoms with Gasteiger partial charge in [-0.3, -0.25) is 0 Å². The molecule has 1 aromatic heterocycles. The van der Waals surface area contributed by atoms with Crippen molar-refractivity contribution in [2.24, 2.45) is 0 Å². The van der Waals surface area contributed by atoms with Gasteiger partial charge < -0.3 is 14.1 Å². The number of rotatable bonds is 5. The molecule has 0 bridgehead atoms. The predicted molar refractivity (Wildman–Crippen MR) is 106 cm³/mol. The molecule has 1 N–H and O–H groups in total. The van der Waals surface area contributed by atoms with E-state index in [1.807, 2.05) is 32.9 Å². The van der Waals surface area contributed by atoms with Crippen LogP contribution < -0.4 is 0 Å². The first kappa shape index (κ1) is 22.5. The largest absolute Gasteiger partial charge is 0.467 e. The Balaban J connectivity index is 2.66. The Hall–Kier alpha value is -1.80. The average molecular weight is 416 g/mol. The monoisotopic (exact) mass is 415 g/mol. The lowest BCUT2D eigenvalue weighted by atomic mass is 9.95. The third kappa shape index (κ3) is 3.84. The number of aromatic nitrogens is 1. The second kappa shape index (κ2) is 7.22. The van der Waals surface area contributed by atoms with Crippen molar-refractivity contribution < 1.29 is 27.1 Å². The lowest BCUT2D eigenvalue weighted by molar-refractivity contribution is -0.255. The Morgan fingerprint density at radius 1 is 1.14 bits per heavy atom. The van der Waals surface area contributed by atoms with E-state index in [4.69, 9.17) is 4.43 Å². The molecule has 0 aliphatic carbocycles. The topological polar surface area (TPSA) is 51.3 Å². The number of para-hydroxylation sites is 1. The Labute approximate surface area is 164 Å². The Morgan fingerprint density at radius 2 is 1.71 bits per heavy atom. The van der Waals surface area contributed by atoms with E-state index in [1.54, 1.807) is 32.2 Å². The summed E-state index contributed by atoms with van der Waals surface area (Å²) in [6.45, 7) is 10.6. The van der Waals surface area contributed by atoms with Crippen LogP contribution >= 0.6 is 0 Å². The molecule has 0 spiro atoms. The molecule has 1 aromatic carbocycles. The number of nitrogens with one attached hydrogen (secondary N) is 1. The second-order valence-electron chi connectivity index (χ2n) is 8.63. The molecule has 1 unspecified atom stereocenters. The smallest absolute Gasteiger partial charge is 0.427 e. The van der Waals surface area contributed by atoms with Crippen molar-refractivity contribution in [3.8, 4) is 0 Å². The van der Waals surface area contributed by atoms with Gasteiger partial charge in [-0.05, 0) is 36.7 Å². The fraction of sp³-hybridized carbons (Fsp3) is 0.550. The van der Waals surface area contributed by atoms with E-state index in [2.05, 4.69) is 9.72 Å². The first-order chi connectivity index (χ1) is 12.7. The van der Waals surface area contributed by atoms with Gasteiger partial charge in [0.15, 0.2) is 8.32 Å². The second-order valence-corrected chi connectivity index (χ2v) is 13.4. The molecule has 8 heteroatoms.